The Bertz CT molecular complexity index is 1010. The number of hydrogen-bond donors (Lipinski definition) is 1. The van der Waals surface area contributed by atoms with Crippen LogP contribution in [0.3, 0.4) is 0 Å². The van der Waals surface area contributed by atoms with E-state index in [-0.39, 0.29) is 36.2 Å². The lowest BCUT2D eigenvalue weighted by Gasteiger charge is -2.25. The summed E-state index contributed by atoms with van der Waals surface area (Å²) in [4.78, 5) is 27.2. The molecule has 1 aliphatic heterocycles. The van der Waals surface area contributed by atoms with Crippen LogP contribution in [0.15, 0.2) is 48.0 Å². The van der Waals surface area contributed by atoms with Gasteiger partial charge >= 0.3 is 0 Å². The molecule has 7 heteroatoms. The normalized spacial score (nSPS) is 18.1. The van der Waals surface area contributed by atoms with Crippen LogP contribution in [0, 0.1) is 12.7 Å². The molecule has 1 amide bonds. The molecular weight excluding hydrogens is 401 g/mol. The number of carbonyl (C=O) groups excluding carboxylic acids is 2. The summed E-state index contributed by atoms with van der Waals surface area (Å²) in [5.74, 6) is -1.64. The molecule has 2 aromatic carbocycles. The van der Waals surface area contributed by atoms with E-state index in [1.165, 1.54) is 23.1 Å². The second-order valence-corrected chi connectivity index (χ2v) is 7.65. The molecule has 2 aromatic rings. The van der Waals surface area contributed by atoms with E-state index in [0.29, 0.717) is 16.9 Å². The fraction of sp³-hybridized carbons (Fsp3) is 0.333. The number of halogens is 1. The summed E-state index contributed by atoms with van der Waals surface area (Å²) in [6.07, 6.45) is -0.0292. The van der Waals surface area contributed by atoms with Crippen molar-refractivity contribution in [3.8, 4) is 5.75 Å². The first-order valence-corrected chi connectivity index (χ1v) is 10.0. The van der Waals surface area contributed by atoms with E-state index in [1.807, 2.05) is 13.8 Å². The first-order chi connectivity index (χ1) is 14.7. The first-order valence-electron chi connectivity index (χ1n) is 10.0. The molecule has 1 atom stereocenters. The zero-order valence-corrected chi connectivity index (χ0v) is 18.0. The Hall–Kier alpha value is -3.19. The summed E-state index contributed by atoms with van der Waals surface area (Å²) in [6.45, 7) is 5.75. The molecule has 0 bridgehead atoms. The van der Waals surface area contributed by atoms with E-state index in [0.717, 1.165) is 0 Å². The maximum absolute atomic E-state index is 13.7. The molecular formula is C24H26FNO5. The van der Waals surface area contributed by atoms with Crippen LogP contribution in [-0.2, 0) is 14.3 Å². The van der Waals surface area contributed by atoms with Gasteiger partial charge in [0.05, 0.1) is 31.4 Å². The Morgan fingerprint density at radius 1 is 1.16 bits per heavy atom. The molecule has 6 nitrogen and oxygen atoms in total. The van der Waals surface area contributed by atoms with E-state index in [9.17, 15) is 19.1 Å². The Morgan fingerprint density at radius 3 is 2.42 bits per heavy atom. The van der Waals surface area contributed by atoms with E-state index in [1.54, 1.807) is 38.3 Å². The minimum absolute atomic E-state index is 0.0292. The molecule has 0 radical (unpaired) electrons. The van der Waals surface area contributed by atoms with Crippen LogP contribution in [0.2, 0.25) is 0 Å². The minimum Gasteiger partial charge on any atom is -0.507 e. The Morgan fingerprint density at radius 2 is 1.84 bits per heavy atom. The SMILES string of the molecule is COc1ccc(C2/C(=C(/O)c3ccc(F)c(C)c3)C(=O)C(=O)N2CCOC(C)C)cc1. The zero-order chi connectivity index (χ0) is 22.7. The molecule has 0 spiro atoms. The summed E-state index contributed by atoms with van der Waals surface area (Å²) >= 11 is 0. The Kier molecular flexibility index (Phi) is 6.75. The van der Waals surface area contributed by atoms with Crippen molar-refractivity contribution in [2.75, 3.05) is 20.3 Å². The smallest absolute Gasteiger partial charge is 0.295 e. The number of nitrogens with zero attached hydrogens (tertiary/aromatic N) is 1. The van der Waals surface area contributed by atoms with Crippen LogP contribution < -0.4 is 4.74 Å². The van der Waals surface area contributed by atoms with E-state index in [4.69, 9.17) is 9.47 Å². The van der Waals surface area contributed by atoms with Gasteiger partial charge in [0, 0.05) is 12.1 Å². The van der Waals surface area contributed by atoms with Crippen molar-refractivity contribution < 1.29 is 28.6 Å². The standard InChI is InChI=1S/C24H26FNO5/c1-14(2)31-12-11-26-21(16-5-8-18(30-4)9-6-16)20(23(28)24(26)29)22(27)17-7-10-19(25)15(3)13-17/h5-10,13-14,21,27H,11-12H2,1-4H3/b22-20-. The zero-order valence-electron chi connectivity index (χ0n) is 18.0. The number of aryl methyl sites for hydroxylation is 1. The lowest BCUT2D eigenvalue weighted by Crippen LogP contribution is -2.33. The van der Waals surface area contributed by atoms with Crippen LogP contribution in [0.4, 0.5) is 4.39 Å². The molecule has 31 heavy (non-hydrogen) atoms. The summed E-state index contributed by atoms with van der Waals surface area (Å²) in [5.41, 5.74) is 1.20. The summed E-state index contributed by atoms with van der Waals surface area (Å²) in [7, 11) is 1.54. The van der Waals surface area contributed by atoms with Crippen LogP contribution in [0.25, 0.3) is 5.76 Å². The van der Waals surface area contributed by atoms with Crippen LogP contribution >= 0.6 is 0 Å². The largest absolute Gasteiger partial charge is 0.507 e. The molecule has 0 aliphatic carbocycles. The van der Waals surface area contributed by atoms with Gasteiger partial charge in [-0.25, -0.2) is 4.39 Å². The quantitative estimate of drug-likeness (QED) is 0.411. The summed E-state index contributed by atoms with van der Waals surface area (Å²) in [6, 6.07) is 10.2. The molecule has 1 fully saturated rings. The Labute approximate surface area is 180 Å². The summed E-state index contributed by atoms with van der Waals surface area (Å²) < 4.78 is 24.5. The van der Waals surface area contributed by atoms with Gasteiger partial charge in [-0.1, -0.05) is 12.1 Å². The number of Topliss-reactive ketones (excluding diaryl/α,β-unsaturated/α-hetero) is 1. The van der Waals surface area contributed by atoms with Gasteiger partial charge in [0.2, 0.25) is 0 Å². The molecule has 1 aliphatic rings. The van der Waals surface area contributed by atoms with Gasteiger partial charge in [0.1, 0.15) is 17.3 Å². The second-order valence-electron chi connectivity index (χ2n) is 7.65. The molecule has 1 heterocycles. The average Bonchev–Trinajstić information content (AvgIpc) is 3.00. The van der Waals surface area contributed by atoms with Crippen LogP contribution in [0.1, 0.15) is 36.6 Å². The topological polar surface area (TPSA) is 76.1 Å². The number of hydrogen-bond acceptors (Lipinski definition) is 5. The molecule has 1 saturated heterocycles. The van der Waals surface area contributed by atoms with Gasteiger partial charge in [-0.05, 0) is 62.2 Å². The highest BCUT2D eigenvalue weighted by Crippen LogP contribution is 2.39. The van der Waals surface area contributed by atoms with E-state index < -0.39 is 23.5 Å². The van der Waals surface area contributed by atoms with Crippen molar-refractivity contribution in [3.05, 3.63) is 70.5 Å². The highest BCUT2D eigenvalue weighted by molar-refractivity contribution is 6.46. The minimum atomic E-state index is -0.799. The number of aliphatic hydroxyl groups excluding tert-OH is 1. The highest BCUT2D eigenvalue weighted by Gasteiger charge is 2.45. The molecule has 164 valence electrons. The number of amides is 1. The number of ketones is 1. The molecule has 3 rings (SSSR count). The van der Waals surface area contributed by atoms with Gasteiger partial charge in [0.25, 0.3) is 11.7 Å². The number of carbonyl (C=O) groups is 2. The third-order valence-electron chi connectivity index (χ3n) is 5.19. The van der Waals surface area contributed by atoms with Gasteiger partial charge in [-0.3, -0.25) is 9.59 Å². The lowest BCUT2D eigenvalue weighted by atomic mass is 9.95. The van der Waals surface area contributed by atoms with E-state index in [2.05, 4.69) is 0 Å². The number of likely N-dealkylation sites (tertiary alicyclic amines) is 1. The van der Waals surface area contributed by atoms with Crippen molar-refractivity contribution >= 4 is 17.4 Å². The van der Waals surface area contributed by atoms with Crippen molar-refractivity contribution in [1.29, 1.82) is 0 Å². The van der Waals surface area contributed by atoms with Crippen molar-refractivity contribution in [3.63, 3.8) is 0 Å². The van der Waals surface area contributed by atoms with Crippen LogP contribution in [0.5, 0.6) is 5.75 Å². The van der Waals surface area contributed by atoms with Gasteiger partial charge in [-0.15, -0.1) is 0 Å². The monoisotopic (exact) mass is 427 g/mol. The van der Waals surface area contributed by atoms with Gasteiger partial charge in [0.15, 0.2) is 0 Å². The number of benzene rings is 2. The highest BCUT2D eigenvalue weighted by atomic mass is 19.1. The second kappa shape index (κ2) is 9.31. The molecule has 0 aromatic heterocycles. The predicted molar refractivity (Wildman–Crippen MR) is 114 cm³/mol. The van der Waals surface area contributed by atoms with Gasteiger partial charge < -0.3 is 19.5 Å². The van der Waals surface area contributed by atoms with Crippen LogP contribution in [-0.4, -0.2) is 48.1 Å². The van der Waals surface area contributed by atoms with Gasteiger partial charge in [-0.2, -0.15) is 0 Å². The van der Waals surface area contributed by atoms with Crippen molar-refractivity contribution in [1.82, 2.24) is 4.90 Å². The first kappa shape index (κ1) is 22.5. The average molecular weight is 427 g/mol. The number of methoxy groups -OCH3 is 1. The van der Waals surface area contributed by atoms with Crippen molar-refractivity contribution in [2.45, 2.75) is 32.9 Å². The Balaban J connectivity index is 2.10. The maximum atomic E-state index is 13.7. The maximum Gasteiger partial charge on any atom is 0.295 e. The third-order valence-corrected chi connectivity index (χ3v) is 5.19. The number of aliphatic hydroxyl groups is 1. The third kappa shape index (κ3) is 4.61. The van der Waals surface area contributed by atoms with E-state index >= 15 is 0 Å². The molecule has 0 saturated carbocycles. The van der Waals surface area contributed by atoms with Crippen molar-refractivity contribution in [2.24, 2.45) is 0 Å². The predicted octanol–water partition coefficient (Wildman–Crippen LogP) is 3.99. The fourth-order valence-electron chi connectivity index (χ4n) is 3.58. The molecule has 1 unspecified atom stereocenters. The number of ether oxygens (including phenoxy) is 2. The lowest BCUT2D eigenvalue weighted by molar-refractivity contribution is -0.140. The fourth-order valence-corrected chi connectivity index (χ4v) is 3.58. The molecule has 1 N–H and O–H groups in total. The number of rotatable bonds is 7. The summed E-state index contributed by atoms with van der Waals surface area (Å²) in [5, 5.41) is 11.0.